The Hall–Kier alpha value is -1.96. The number of H-pyrrole nitrogens is 1. The van der Waals surface area contributed by atoms with Crippen LogP contribution in [0.25, 0.3) is 0 Å². The van der Waals surface area contributed by atoms with Gasteiger partial charge in [-0.1, -0.05) is 0 Å². The lowest BCUT2D eigenvalue weighted by atomic mass is 10.4. The van der Waals surface area contributed by atoms with Crippen molar-refractivity contribution in [1.29, 1.82) is 0 Å². The lowest BCUT2D eigenvalue weighted by Crippen LogP contribution is -2.16. The van der Waals surface area contributed by atoms with E-state index >= 15 is 0 Å². The Morgan fingerprint density at radius 1 is 1.52 bits per heavy atom. The third-order valence-electron chi connectivity index (χ3n) is 3.25. The normalized spacial score (nSPS) is 14.3. The van der Waals surface area contributed by atoms with Crippen LogP contribution in [0.15, 0.2) is 27.1 Å². The first kappa shape index (κ1) is 14.0. The number of ether oxygens (including phenoxy) is 1. The smallest absolute Gasteiger partial charge is 0.343 e. The van der Waals surface area contributed by atoms with Crippen LogP contribution < -0.4 is 16.2 Å². The molecule has 7 nitrogen and oxygen atoms in total. The molecule has 1 fully saturated rings. The van der Waals surface area contributed by atoms with Crippen molar-refractivity contribution in [2.24, 2.45) is 5.92 Å². The molecular formula is C13H17N5O2S. The second-order valence-corrected chi connectivity index (χ2v) is 5.94. The molecule has 0 radical (unpaired) electrons. The van der Waals surface area contributed by atoms with E-state index in [2.05, 4.69) is 15.2 Å². The Balaban J connectivity index is 1.78. The zero-order valence-electron chi connectivity index (χ0n) is 11.7. The maximum absolute atomic E-state index is 11.5. The lowest BCUT2D eigenvalue weighted by molar-refractivity contribution is 0.288. The first-order chi connectivity index (χ1) is 10.2. The highest BCUT2D eigenvalue weighted by Gasteiger charge is 2.22. The molecule has 2 heterocycles. The van der Waals surface area contributed by atoms with Crippen LogP contribution in [0, 0.1) is 5.92 Å². The fraction of sp³-hybridized carbons (Fsp3) is 0.462. The maximum Gasteiger partial charge on any atom is 0.343 e. The summed E-state index contributed by atoms with van der Waals surface area (Å²) in [4.78, 5) is 15.9. The van der Waals surface area contributed by atoms with Crippen molar-refractivity contribution in [3.8, 4) is 5.88 Å². The van der Waals surface area contributed by atoms with Gasteiger partial charge < -0.3 is 10.5 Å². The van der Waals surface area contributed by atoms with E-state index in [-0.39, 0.29) is 5.69 Å². The molecular weight excluding hydrogens is 290 g/mol. The van der Waals surface area contributed by atoms with Crippen LogP contribution in [-0.2, 0) is 6.54 Å². The van der Waals surface area contributed by atoms with Crippen LogP contribution in [0.1, 0.15) is 19.8 Å². The van der Waals surface area contributed by atoms with Gasteiger partial charge in [-0.3, -0.25) is 4.57 Å². The van der Waals surface area contributed by atoms with E-state index < -0.39 is 0 Å². The van der Waals surface area contributed by atoms with Gasteiger partial charge in [-0.2, -0.15) is 0 Å². The van der Waals surface area contributed by atoms with Gasteiger partial charge in [0.2, 0.25) is 5.88 Å². The highest BCUT2D eigenvalue weighted by molar-refractivity contribution is 7.99. The average molecular weight is 307 g/mol. The Morgan fingerprint density at radius 3 is 3.05 bits per heavy atom. The number of nitrogens with two attached hydrogens (primary N) is 1. The monoisotopic (exact) mass is 307 g/mol. The zero-order valence-corrected chi connectivity index (χ0v) is 12.5. The van der Waals surface area contributed by atoms with Gasteiger partial charge in [-0.25, -0.2) is 14.9 Å². The number of nitrogens with one attached hydrogen (secondary N) is 1. The molecule has 3 rings (SSSR count). The van der Waals surface area contributed by atoms with Crippen LogP contribution in [0.2, 0.25) is 0 Å². The SMILES string of the molecule is CCn1c(Sc2ccc(N)c(OCC3CC3)n2)n[nH]c1=O. The van der Waals surface area contributed by atoms with Crippen LogP contribution in [0.3, 0.4) is 0 Å². The first-order valence-electron chi connectivity index (χ1n) is 6.89. The molecule has 0 bridgehead atoms. The Kier molecular flexibility index (Phi) is 3.87. The maximum atomic E-state index is 11.5. The van der Waals surface area contributed by atoms with Crippen molar-refractivity contribution < 1.29 is 4.74 Å². The summed E-state index contributed by atoms with van der Waals surface area (Å²) in [5.41, 5.74) is 6.18. The molecule has 1 aliphatic carbocycles. The standard InChI is InChI=1S/C13H17N5O2S/c1-2-18-12(19)16-17-13(18)21-10-6-5-9(14)11(15-10)20-7-8-3-4-8/h5-6,8H,2-4,7,14H2,1H3,(H,16,19). The van der Waals surface area contributed by atoms with Gasteiger partial charge in [0.05, 0.1) is 12.3 Å². The molecule has 0 unspecified atom stereocenters. The first-order valence-corrected chi connectivity index (χ1v) is 7.71. The van der Waals surface area contributed by atoms with Crippen LogP contribution in [0.4, 0.5) is 5.69 Å². The molecule has 1 saturated carbocycles. The molecule has 0 amide bonds. The Morgan fingerprint density at radius 2 is 2.33 bits per heavy atom. The van der Waals surface area contributed by atoms with E-state index in [1.165, 1.54) is 24.6 Å². The van der Waals surface area contributed by atoms with Crippen molar-refractivity contribution in [3.05, 3.63) is 22.6 Å². The molecule has 2 aromatic heterocycles. The lowest BCUT2D eigenvalue weighted by Gasteiger charge is -2.08. The Labute approximate surface area is 125 Å². The molecule has 0 aromatic carbocycles. The van der Waals surface area contributed by atoms with Gasteiger partial charge in [-0.15, -0.1) is 5.10 Å². The van der Waals surface area contributed by atoms with Crippen molar-refractivity contribution >= 4 is 17.4 Å². The summed E-state index contributed by atoms with van der Waals surface area (Å²) in [6.45, 7) is 3.10. The summed E-state index contributed by atoms with van der Waals surface area (Å²) >= 11 is 1.31. The molecule has 0 atom stereocenters. The van der Waals surface area contributed by atoms with E-state index in [0.717, 1.165) is 0 Å². The number of nitrogens with zero attached hydrogens (tertiary/aromatic N) is 3. The summed E-state index contributed by atoms with van der Waals surface area (Å²) in [5, 5.41) is 7.70. The second kappa shape index (κ2) is 5.80. The van der Waals surface area contributed by atoms with Crippen molar-refractivity contribution in [2.45, 2.75) is 36.5 Å². The van der Waals surface area contributed by atoms with Crippen molar-refractivity contribution in [1.82, 2.24) is 19.7 Å². The van der Waals surface area contributed by atoms with E-state index in [1.807, 2.05) is 6.92 Å². The number of aromatic amines is 1. The van der Waals surface area contributed by atoms with Gasteiger partial charge in [0.15, 0.2) is 5.16 Å². The van der Waals surface area contributed by atoms with Gasteiger partial charge in [0.1, 0.15) is 5.03 Å². The topological polar surface area (TPSA) is 98.8 Å². The molecule has 0 saturated heterocycles. The third kappa shape index (κ3) is 3.21. The fourth-order valence-electron chi connectivity index (χ4n) is 1.84. The van der Waals surface area contributed by atoms with Crippen LogP contribution in [-0.4, -0.2) is 26.4 Å². The quantitative estimate of drug-likeness (QED) is 0.839. The molecule has 21 heavy (non-hydrogen) atoms. The highest BCUT2D eigenvalue weighted by Crippen LogP contribution is 2.32. The van der Waals surface area contributed by atoms with E-state index in [9.17, 15) is 4.79 Å². The molecule has 0 spiro atoms. The minimum absolute atomic E-state index is 0.222. The summed E-state index contributed by atoms with van der Waals surface area (Å²) in [5.74, 6) is 1.09. The van der Waals surface area contributed by atoms with E-state index in [1.54, 1.807) is 16.7 Å². The second-order valence-electron chi connectivity index (χ2n) is 4.96. The van der Waals surface area contributed by atoms with Gasteiger partial charge in [0, 0.05) is 6.54 Å². The van der Waals surface area contributed by atoms with Crippen LogP contribution in [0.5, 0.6) is 5.88 Å². The number of hydrogen-bond acceptors (Lipinski definition) is 6. The predicted molar refractivity (Wildman–Crippen MR) is 79.5 cm³/mol. The molecule has 0 aliphatic heterocycles. The summed E-state index contributed by atoms with van der Waals surface area (Å²) in [6.07, 6.45) is 2.43. The van der Waals surface area contributed by atoms with E-state index in [0.29, 0.717) is 40.8 Å². The third-order valence-corrected chi connectivity index (χ3v) is 4.18. The van der Waals surface area contributed by atoms with Gasteiger partial charge in [0.25, 0.3) is 0 Å². The van der Waals surface area contributed by atoms with Crippen molar-refractivity contribution in [3.63, 3.8) is 0 Å². The zero-order chi connectivity index (χ0) is 14.8. The number of rotatable bonds is 6. The van der Waals surface area contributed by atoms with Gasteiger partial charge >= 0.3 is 5.69 Å². The van der Waals surface area contributed by atoms with Crippen LogP contribution >= 0.6 is 11.8 Å². The number of aromatic nitrogens is 4. The van der Waals surface area contributed by atoms with Crippen molar-refractivity contribution in [2.75, 3.05) is 12.3 Å². The predicted octanol–water partition coefficient (Wildman–Crippen LogP) is 1.51. The summed E-state index contributed by atoms with van der Waals surface area (Å²) in [7, 11) is 0. The largest absolute Gasteiger partial charge is 0.476 e. The Bertz CT molecular complexity index is 692. The average Bonchev–Trinajstić information content (AvgIpc) is 3.24. The number of pyridine rings is 1. The number of anilines is 1. The van der Waals surface area contributed by atoms with E-state index in [4.69, 9.17) is 10.5 Å². The highest BCUT2D eigenvalue weighted by atomic mass is 32.2. The molecule has 3 N–H and O–H groups in total. The fourth-order valence-corrected chi connectivity index (χ4v) is 2.71. The molecule has 112 valence electrons. The van der Waals surface area contributed by atoms with Gasteiger partial charge in [-0.05, 0) is 49.6 Å². The number of hydrogen-bond donors (Lipinski definition) is 2. The summed E-state index contributed by atoms with van der Waals surface area (Å²) in [6, 6.07) is 3.56. The minimum Gasteiger partial charge on any atom is -0.476 e. The molecule has 1 aliphatic rings. The number of nitrogen functional groups attached to an aromatic ring is 1. The minimum atomic E-state index is -0.222. The summed E-state index contributed by atoms with van der Waals surface area (Å²) < 4.78 is 7.20. The molecule has 8 heteroatoms. The molecule has 2 aromatic rings.